The van der Waals surface area contributed by atoms with Crippen molar-refractivity contribution in [2.24, 2.45) is 0 Å². The van der Waals surface area contributed by atoms with Gasteiger partial charge in [0.25, 0.3) is 15.9 Å². The van der Waals surface area contributed by atoms with Gasteiger partial charge in [0.15, 0.2) is 0 Å². The Morgan fingerprint density at radius 1 is 1.15 bits per heavy atom. The van der Waals surface area contributed by atoms with Gasteiger partial charge in [-0.2, -0.15) is 9.40 Å². The summed E-state index contributed by atoms with van der Waals surface area (Å²) in [6.07, 6.45) is 3.10. The predicted molar refractivity (Wildman–Crippen MR) is 130 cm³/mol. The van der Waals surface area contributed by atoms with Crippen molar-refractivity contribution in [2.45, 2.75) is 31.3 Å². The lowest BCUT2D eigenvalue weighted by Crippen LogP contribution is -2.49. The van der Waals surface area contributed by atoms with Crippen LogP contribution in [-0.2, 0) is 16.6 Å². The number of nitrogens with one attached hydrogen (secondary N) is 1. The molecule has 0 saturated carbocycles. The number of nitrogens with zero attached hydrogens (tertiary/aromatic N) is 5. The Balaban J connectivity index is 1.73. The summed E-state index contributed by atoms with van der Waals surface area (Å²) in [5.74, 6) is -0.408. The van der Waals surface area contributed by atoms with Crippen LogP contribution in [0.1, 0.15) is 30.1 Å². The average Bonchev–Trinajstić information content (AvgIpc) is 3.22. The van der Waals surface area contributed by atoms with E-state index >= 15 is 0 Å². The maximum Gasteiger partial charge on any atom is 0.263 e. The van der Waals surface area contributed by atoms with Gasteiger partial charge in [-0.05, 0) is 57.7 Å². The molecule has 33 heavy (non-hydrogen) atoms. The van der Waals surface area contributed by atoms with Crippen LogP contribution in [0.25, 0.3) is 0 Å². The van der Waals surface area contributed by atoms with Gasteiger partial charge in [-0.1, -0.05) is 18.5 Å². The molecule has 1 aromatic heterocycles. The van der Waals surface area contributed by atoms with Gasteiger partial charge in [-0.25, -0.2) is 8.42 Å². The van der Waals surface area contributed by atoms with Crippen LogP contribution in [0.15, 0.2) is 35.5 Å². The van der Waals surface area contributed by atoms with E-state index in [0.29, 0.717) is 44.3 Å². The van der Waals surface area contributed by atoms with E-state index in [0.717, 1.165) is 25.1 Å². The Morgan fingerprint density at radius 2 is 1.82 bits per heavy atom. The molecule has 1 saturated heterocycles. The van der Waals surface area contributed by atoms with E-state index in [4.69, 9.17) is 11.6 Å². The highest BCUT2D eigenvalue weighted by molar-refractivity contribution is 7.89. The molecule has 11 heteroatoms. The number of benzene rings is 1. The highest BCUT2D eigenvalue weighted by atomic mass is 35.5. The lowest BCUT2D eigenvalue weighted by molar-refractivity contribution is 0.0948. The first-order chi connectivity index (χ1) is 15.7. The van der Waals surface area contributed by atoms with E-state index in [9.17, 15) is 13.2 Å². The first-order valence-corrected chi connectivity index (χ1v) is 13.0. The molecular weight excluding hydrogens is 464 g/mol. The molecule has 1 aliphatic heterocycles. The molecule has 0 unspecified atom stereocenters. The maximum atomic E-state index is 13.5. The first kappa shape index (κ1) is 25.5. The zero-order valence-electron chi connectivity index (χ0n) is 19.5. The van der Waals surface area contributed by atoms with Crippen LogP contribution in [0.2, 0.25) is 5.02 Å². The van der Waals surface area contributed by atoms with Crippen molar-refractivity contribution in [3.63, 3.8) is 0 Å². The molecule has 1 fully saturated rings. The topological polar surface area (TPSA) is 90.8 Å². The average molecular weight is 497 g/mol. The Labute approximate surface area is 201 Å². The van der Waals surface area contributed by atoms with Crippen LogP contribution in [0, 0.1) is 0 Å². The van der Waals surface area contributed by atoms with E-state index in [1.807, 2.05) is 50.2 Å². The molecule has 2 heterocycles. The van der Waals surface area contributed by atoms with Gasteiger partial charge in [0.05, 0.1) is 5.56 Å². The van der Waals surface area contributed by atoms with Crippen molar-refractivity contribution < 1.29 is 13.2 Å². The maximum absolute atomic E-state index is 13.5. The van der Waals surface area contributed by atoms with Gasteiger partial charge in [0, 0.05) is 56.2 Å². The van der Waals surface area contributed by atoms with Crippen LogP contribution in [-0.4, -0.2) is 86.7 Å². The van der Waals surface area contributed by atoms with Crippen molar-refractivity contribution in [2.75, 3.05) is 58.3 Å². The van der Waals surface area contributed by atoms with Gasteiger partial charge in [-0.3, -0.25) is 9.48 Å². The summed E-state index contributed by atoms with van der Waals surface area (Å²) in [5, 5.41) is 7.63. The second kappa shape index (κ2) is 11.3. The zero-order chi connectivity index (χ0) is 24.0. The zero-order valence-corrected chi connectivity index (χ0v) is 21.1. The number of hydrogen-bond donors (Lipinski definition) is 1. The molecular formula is C22H33ClN6O3S. The summed E-state index contributed by atoms with van der Waals surface area (Å²) < 4.78 is 29.9. The largest absolute Gasteiger partial charge is 0.369 e. The Bertz CT molecular complexity index is 1030. The Hall–Kier alpha value is -2.14. The van der Waals surface area contributed by atoms with Gasteiger partial charge >= 0.3 is 0 Å². The third-order valence-electron chi connectivity index (χ3n) is 5.51. The molecule has 1 amide bonds. The third kappa shape index (κ3) is 6.47. The van der Waals surface area contributed by atoms with E-state index < -0.39 is 15.9 Å². The number of carbonyl (C=O) groups excluding carboxylic acids is 1. The number of aromatic nitrogens is 2. The number of sulfonamides is 1. The van der Waals surface area contributed by atoms with Crippen molar-refractivity contribution in [1.82, 2.24) is 24.3 Å². The number of aryl methyl sites for hydroxylation is 1. The monoisotopic (exact) mass is 496 g/mol. The van der Waals surface area contributed by atoms with Gasteiger partial charge < -0.3 is 15.1 Å². The van der Waals surface area contributed by atoms with Crippen LogP contribution in [0.4, 0.5) is 5.69 Å². The highest BCUT2D eigenvalue weighted by Crippen LogP contribution is 2.24. The normalized spacial score (nSPS) is 15.2. The molecule has 182 valence electrons. The molecule has 0 radical (unpaired) electrons. The Morgan fingerprint density at radius 3 is 2.42 bits per heavy atom. The van der Waals surface area contributed by atoms with Gasteiger partial charge in [0.1, 0.15) is 0 Å². The summed E-state index contributed by atoms with van der Waals surface area (Å²) in [6, 6.07) is 7.50. The molecule has 1 aromatic carbocycles. The number of rotatable bonds is 10. The standard InChI is InChI=1S/C22H33ClN6O3S/c1-4-11-28-17-20(21(30)24-10-5-12-26(2)3)22(25-28)33(31,32)29-15-13-27(14-16-29)19-8-6-18(23)7-9-19/h6-9,17H,4-5,10-16H2,1-3H3,(H,24,30). The first-order valence-electron chi connectivity index (χ1n) is 11.2. The molecule has 0 spiro atoms. The van der Waals surface area contributed by atoms with E-state index in [1.54, 1.807) is 10.9 Å². The lowest BCUT2D eigenvalue weighted by atomic mass is 10.2. The number of halogens is 1. The minimum atomic E-state index is -3.91. The summed E-state index contributed by atoms with van der Waals surface area (Å²) in [4.78, 5) is 17.0. The molecule has 3 rings (SSSR count). The number of amides is 1. The number of piperazine rings is 1. The number of carbonyl (C=O) groups is 1. The van der Waals surface area contributed by atoms with Gasteiger partial charge in [-0.15, -0.1) is 0 Å². The summed E-state index contributed by atoms with van der Waals surface area (Å²) in [6.45, 7) is 5.54. The lowest BCUT2D eigenvalue weighted by Gasteiger charge is -2.35. The third-order valence-corrected chi connectivity index (χ3v) is 7.59. The van der Waals surface area contributed by atoms with Crippen molar-refractivity contribution in [3.8, 4) is 0 Å². The molecule has 1 aliphatic rings. The fourth-order valence-electron chi connectivity index (χ4n) is 3.75. The van der Waals surface area contributed by atoms with Crippen LogP contribution in [0.5, 0.6) is 0 Å². The van der Waals surface area contributed by atoms with Crippen molar-refractivity contribution in [1.29, 1.82) is 0 Å². The quantitative estimate of drug-likeness (QED) is 0.507. The van der Waals surface area contributed by atoms with E-state index in [1.165, 1.54) is 4.31 Å². The molecule has 9 nitrogen and oxygen atoms in total. The SMILES string of the molecule is CCCn1cc(C(=O)NCCCN(C)C)c(S(=O)(=O)N2CCN(c3ccc(Cl)cc3)CC2)n1. The molecule has 0 bridgehead atoms. The predicted octanol–water partition coefficient (Wildman–Crippen LogP) is 2.14. The van der Waals surface area contributed by atoms with Crippen LogP contribution >= 0.6 is 11.6 Å². The van der Waals surface area contributed by atoms with Gasteiger partial charge in [0.2, 0.25) is 5.03 Å². The smallest absolute Gasteiger partial charge is 0.263 e. The minimum absolute atomic E-state index is 0.105. The summed E-state index contributed by atoms with van der Waals surface area (Å²) in [5.41, 5.74) is 1.11. The van der Waals surface area contributed by atoms with E-state index in [-0.39, 0.29) is 10.6 Å². The number of hydrogen-bond acceptors (Lipinski definition) is 6. The molecule has 0 aliphatic carbocycles. The molecule has 0 atom stereocenters. The van der Waals surface area contributed by atoms with Crippen molar-refractivity contribution in [3.05, 3.63) is 41.0 Å². The highest BCUT2D eigenvalue weighted by Gasteiger charge is 2.34. The second-order valence-corrected chi connectivity index (χ2v) is 10.7. The molecule has 2 aromatic rings. The van der Waals surface area contributed by atoms with Crippen LogP contribution < -0.4 is 10.2 Å². The Kier molecular flexibility index (Phi) is 8.75. The van der Waals surface area contributed by atoms with Crippen molar-refractivity contribution >= 4 is 33.2 Å². The number of anilines is 1. The van der Waals surface area contributed by atoms with E-state index in [2.05, 4.69) is 15.3 Å². The summed E-state index contributed by atoms with van der Waals surface area (Å²) >= 11 is 5.97. The second-order valence-electron chi connectivity index (χ2n) is 8.39. The fraction of sp³-hybridized carbons (Fsp3) is 0.545. The minimum Gasteiger partial charge on any atom is -0.369 e. The fourth-order valence-corrected chi connectivity index (χ4v) is 5.39. The summed E-state index contributed by atoms with van der Waals surface area (Å²) in [7, 11) is 0.0255. The van der Waals surface area contributed by atoms with Crippen LogP contribution in [0.3, 0.4) is 0 Å². The molecule has 1 N–H and O–H groups in total.